The molecular weight excluding hydrogens is 832 g/mol. The second kappa shape index (κ2) is 17.9. The van der Waals surface area contributed by atoms with Crippen molar-refractivity contribution in [3.05, 3.63) is 117 Å². The van der Waals surface area contributed by atoms with Crippen molar-refractivity contribution in [3.8, 4) is 17.2 Å². The number of piperazine rings is 1. The number of hydrogen-bond donors (Lipinski definition) is 2. The summed E-state index contributed by atoms with van der Waals surface area (Å²) in [5.74, 6) is -0.644. The first kappa shape index (κ1) is 42.9. The SMILES string of the molecule is CC1(C)CCC(CN2CCN(c3ccc(C(=O)NS(=O)(=O)c4ccc(OCC5CCCC(=O)C5)c([N+](=O)[O-])c4)c(Oc4cnc5[nH]ccc5c4)c3)CC2)=C(c2ccc(Cl)cc2)C1. The molecule has 0 spiro atoms. The largest absolute Gasteiger partial charge is 0.487 e. The number of nitrogens with zero attached hydrogens (tertiary/aromatic N) is 4. The van der Waals surface area contributed by atoms with Gasteiger partial charge in [-0.2, -0.15) is 0 Å². The number of carbonyl (C=O) groups is 2. The van der Waals surface area contributed by atoms with Crippen LogP contribution in [0.25, 0.3) is 16.6 Å². The third-order valence-corrected chi connectivity index (χ3v) is 13.6. The Balaban J connectivity index is 1.00. The van der Waals surface area contributed by atoms with E-state index in [0.29, 0.717) is 37.3 Å². The number of rotatable bonds is 13. The van der Waals surface area contributed by atoms with E-state index < -0.39 is 31.4 Å². The van der Waals surface area contributed by atoms with E-state index in [-0.39, 0.29) is 40.8 Å². The minimum absolute atomic E-state index is 0.0662. The van der Waals surface area contributed by atoms with Crippen LogP contribution >= 0.6 is 11.6 Å². The predicted octanol–water partition coefficient (Wildman–Crippen LogP) is 8.96. The van der Waals surface area contributed by atoms with E-state index in [1.807, 2.05) is 18.2 Å². The van der Waals surface area contributed by atoms with Gasteiger partial charge in [-0.3, -0.25) is 24.6 Å². The zero-order valence-corrected chi connectivity index (χ0v) is 36.3. The molecular formula is C46H49ClN6O8S. The Morgan fingerprint density at radius 3 is 2.56 bits per heavy atom. The zero-order chi connectivity index (χ0) is 43.6. The number of Topliss-reactive ketones (excluding diaryl/α,β-unsaturated/α-hetero) is 1. The Bertz CT molecular complexity index is 2660. The third-order valence-electron chi connectivity index (χ3n) is 12.1. The van der Waals surface area contributed by atoms with Crippen molar-refractivity contribution in [2.24, 2.45) is 11.3 Å². The fourth-order valence-corrected chi connectivity index (χ4v) is 9.72. The van der Waals surface area contributed by atoms with Crippen LogP contribution in [0.15, 0.2) is 95.7 Å². The van der Waals surface area contributed by atoms with Crippen molar-refractivity contribution in [2.75, 3.05) is 44.2 Å². The average Bonchev–Trinajstić information content (AvgIpc) is 3.72. The second-order valence-corrected chi connectivity index (χ2v) is 19.3. The van der Waals surface area contributed by atoms with Crippen LogP contribution in [-0.2, 0) is 14.8 Å². The Kier molecular flexibility index (Phi) is 12.4. The van der Waals surface area contributed by atoms with Crippen LogP contribution < -0.4 is 19.1 Å². The van der Waals surface area contributed by atoms with Crippen LogP contribution in [0.4, 0.5) is 11.4 Å². The minimum Gasteiger partial charge on any atom is -0.487 e. The number of aromatic amines is 1. The average molecular weight is 881 g/mol. The van der Waals surface area contributed by atoms with E-state index in [0.717, 1.165) is 80.0 Å². The number of nitro benzene ring substituents is 1. The summed E-state index contributed by atoms with van der Waals surface area (Å²) in [6.45, 7) is 8.65. The monoisotopic (exact) mass is 880 g/mol. The molecule has 2 aromatic heterocycles. The molecule has 1 atom stereocenters. The Labute approximate surface area is 365 Å². The summed E-state index contributed by atoms with van der Waals surface area (Å²) in [7, 11) is -4.62. The van der Waals surface area contributed by atoms with Gasteiger partial charge in [-0.05, 0) is 103 Å². The fourth-order valence-electron chi connectivity index (χ4n) is 8.61. The van der Waals surface area contributed by atoms with Gasteiger partial charge in [0.05, 0.1) is 28.2 Å². The first-order valence-electron chi connectivity index (χ1n) is 20.9. The molecule has 3 heterocycles. The molecule has 1 aliphatic heterocycles. The minimum atomic E-state index is -4.62. The molecule has 0 radical (unpaired) electrons. The number of carbonyl (C=O) groups excluding carboxylic acids is 2. The smallest absolute Gasteiger partial charge is 0.312 e. The lowest BCUT2D eigenvalue weighted by Gasteiger charge is -2.39. The second-order valence-electron chi connectivity index (χ2n) is 17.2. The summed E-state index contributed by atoms with van der Waals surface area (Å²) in [4.78, 5) is 48.7. The van der Waals surface area contributed by atoms with E-state index in [4.69, 9.17) is 21.1 Å². The number of hydrogen-bond acceptors (Lipinski definition) is 11. The van der Waals surface area contributed by atoms with Gasteiger partial charge in [0.2, 0.25) is 0 Å². The summed E-state index contributed by atoms with van der Waals surface area (Å²) in [6, 6.07) is 19.9. The zero-order valence-electron chi connectivity index (χ0n) is 34.7. The first-order valence-corrected chi connectivity index (χ1v) is 22.8. The lowest BCUT2D eigenvalue weighted by molar-refractivity contribution is -0.386. The van der Waals surface area contributed by atoms with Crippen molar-refractivity contribution >= 4 is 61.3 Å². The number of pyridine rings is 1. The lowest BCUT2D eigenvalue weighted by Crippen LogP contribution is -2.47. The highest BCUT2D eigenvalue weighted by Gasteiger charge is 2.31. The van der Waals surface area contributed by atoms with Crippen LogP contribution in [0.3, 0.4) is 0 Å². The van der Waals surface area contributed by atoms with Crippen molar-refractivity contribution in [2.45, 2.75) is 63.7 Å². The van der Waals surface area contributed by atoms with E-state index in [2.05, 4.69) is 50.5 Å². The fraction of sp³-hybridized carbons (Fsp3) is 0.370. The molecule has 5 aromatic rings. The third kappa shape index (κ3) is 9.96. The highest BCUT2D eigenvalue weighted by Crippen LogP contribution is 2.43. The molecule has 324 valence electrons. The van der Waals surface area contributed by atoms with Crippen LogP contribution in [0.2, 0.25) is 5.02 Å². The molecule has 2 N–H and O–H groups in total. The van der Waals surface area contributed by atoms with E-state index in [1.54, 1.807) is 24.4 Å². The molecule has 1 unspecified atom stereocenters. The van der Waals surface area contributed by atoms with Crippen LogP contribution in [-0.4, -0.2) is 79.2 Å². The quantitative estimate of drug-likeness (QED) is 0.0853. The molecule has 8 rings (SSSR count). The van der Waals surface area contributed by atoms with Crippen LogP contribution in [0, 0.1) is 21.4 Å². The van der Waals surface area contributed by atoms with E-state index in [1.165, 1.54) is 35.0 Å². The van der Waals surface area contributed by atoms with Gasteiger partial charge in [0, 0.05) is 80.0 Å². The van der Waals surface area contributed by atoms with Crippen LogP contribution in [0.1, 0.15) is 74.7 Å². The summed E-state index contributed by atoms with van der Waals surface area (Å²) in [6.07, 6.45) is 8.75. The molecule has 0 bridgehead atoms. The van der Waals surface area contributed by atoms with Gasteiger partial charge < -0.3 is 19.4 Å². The molecule has 1 amide bonds. The number of amides is 1. The molecule has 2 aliphatic carbocycles. The van der Waals surface area contributed by atoms with Crippen LogP contribution in [0.5, 0.6) is 17.2 Å². The number of halogens is 1. The number of fused-ring (bicyclic) bond motifs is 1. The van der Waals surface area contributed by atoms with Gasteiger partial charge in [0.1, 0.15) is 22.9 Å². The Hall–Kier alpha value is -5.77. The normalized spacial score (nSPS) is 18.5. The maximum Gasteiger partial charge on any atom is 0.312 e. The predicted molar refractivity (Wildman–Crippen MR) is 237 cm³/mol. The van der Waals surface area contributed by atoms with E-state index >= 15 is 0 Å². The van der Waals surface area contributed by atoms with Crippen molar-refractivity contribution in [1.29, 1.82) is 0 Å². The maximum absolute atomic E-state index is 13.9. The molecule has 3 aliphatic rings. The first-order chi connectivity index (χ1) is 29.7. The highest BCUT2D eigenvalue weighted by molar-refractivity contribution is 7.90. The maximum atomic E-state index is 13.9. The number of anilines is 1. The van der Waals surface area contributed by atoms with Gasteiger partial charge >= 0.3 is 5.69 Å². The summed E-state index contributed by atoms with van der Waals surface area (Å²) < 4.78 is 41.4. The van der Waals surface area contributed by atoms with Gasteiger partial charge in [-0.15, -0.1) is 0 Å². The number of aromatic nitrogens is 2. The molecule has 3 aromatic carbocycles. The molecule has 2 fully saturated rings. The number of allylic oxidation sites excluding steroid dienone is 1. The number of H-pyrrole nitrogens is 1. The van der Waals surface area contributed by atoms with Crippen molar-refractivity contribution < 1.29 is 32.4 Å². The Morgan fingerprint density at radius 1 is 1.02 bits per heavy atom. The summed E-state index contributed by atoms with van der Waals surface area (Å²) in [5.41, 5.74) is 5.10. The molecule has 1 saturated heterocycles. The van der Waals surface area contributed by atoms with Crippen molar-refractivity contribution in [3.63, 3.8) is 0 Å². The lowest BCUT2D eigenvalue weighted by atomic mass is 9.72. The number of ketones is 1. The molecule has 62 heavy (non-hydrogen) atoms. The van der Waals surface area contributed by atoms with Gasteiger partial charge in [-0.25, -0.2) is 18.1 Å². The number of sulfonamides is 1. The molecule has 14 nitrogen and oxygen atoms in total. The topological polar surface area (TPSA) is 177 Å². The highest BCUT2D eigenvalue weighted by atomic mass is 35.5. The van der Waals surface area contributed by atoms with E-state index in [9.17, 15) is 28.1 Å². The van der Waals surface area contributed by atoms with Gasteiger partial charge in [0.15, 0.2) is 5.75 Å². The molecule has 1 saturated carbocycles. The van der Waals surface area contributed by atoms with Crippen molar-refractivity contribution in [1.82, 2.24) is 19.6 Å². The van der Waals surface area contributed by atoms with Gasteiger partial charge in [-0.1, -0.05) is 43.2 Å². The standard InChI is InChI=1S/C46H49ClN6O8S/c1-46(2)16-14-33(40(26-46)31-6-8-34(47)9-7-31)28-51-18-20-52(21-19-51)35-10-12-39(43(24-35)61-37-23-32-15-17-48-44(32)49-27-37)45(55)50-62(58,59)38-11-13-42(41(25-38)53(56)57)60-29-30-4-3-5-36(54)22-30/h6-13,15,17,23-25,27,30H,3-5,14,16,18-22,26,28-29H2,1-2H3,(H,48,49)(H,50,55). The van der Waals surface area contributed by atoms with Gasteiger partial charge in [0.25, 0.3) is 15.9 Å². The number of benzene rings is 3. The Morgan fingerprint density at radius 2 is 1.81 bits per heavy atom. The summed E-state index contributed by atoms with van der Waals surface area (Å²) >= 11 is 6.24. The molecule has 16 heteroatoms. The number of nitrogens with one attached hydrogen (secondary N) is 2. The summed E-state index contributed by atoms with van der Waals surface area (Å²) in [5, 5.41) is 13.6. The number of ether oxygens (including phenoxy) is 2. The number of nitro groups is 1.